The lowest BCUT2D eigenvalue weighted by atomic mass is 9.63. The lowest BCUT2D eigenvalue weighted by Gasteiger charge is -2.54. The lowest BCUT2D eigenvalue weighted by Crippen LogP contribution is -2.58. The van der Waals surface area contributed by atoms with E-state index >= 15 is 0 Å². The Morgan fingerprint density at radius 1 is 1.39 bits per heavy atom. The first kappa shape index (κ1) is 16.0. The van der Waals surface area contributed by atoms with E-state index in [1.54, 1.807) is 19.4 Å². The van der Waals surface area contributed by atoms with Gasteiger partial charge in [-0.25, -0.2) is 4.79 Å². The predicted molar refractivity (Wildman–Crippen MR) is 82.5 cm³/mol. The Kier molecular flexibility index (Phi) is 4.41. The van der Waals surface area contributed by atoms with E-state index in [4.69, 9.17) is 4.74 Å². The van der Waals surface area contributed by atoms with Gasteiger partial charge in [-0.05, 0) is 32.0 Å². The summed E-state index contributed by atoms with van der Waals surface area (Å²) in [7, 11) is 3.85. The highest BCUT2D eigenvalue weighted by atomic mass is 16.7. The van der Waals surface area contributed by atoms with Crippen molar-refractivity contribution in [3.63, 3.8) is 0 Å². The van der Waals surface area contributed by atoms with Gasteiger partial charge < -0.3 is 9.64 Å². The van der Waals surface area contributed by atoms with Crippen LogP contribution in [-0.2, 0) is 15.2 Å². The summed E-state index contributed by atoms with van der Waals surface area (Å²) in [5, 5.41) is 2.20. The van der Waals surface area contributed by atoms with E-state index in [0.717, 1.165) is 31.6 Å². The molecule has 2 bridgehead atoms. The topological polar surface area (TPSA) is 81.1 Å². The fourth-order valence-corrected chi connectivity index (χ4v) is 4.37. The number of hydrogen-bond donors (Lipinski definition) is 0. The molecule has 7 heteroatoms. The molecule has 2 fully saturated rings. The molecule has 7 nitrogen and oxygen atoms in total. The third-order valence-corrected chi connectivity index (χ3v) is 5.24. The SMILES string of the molecule is CO[C@@]1(c2cc(C(=O)ON=O)ccn2)[C@@H]2CCC[C@H]1CN(C)C2. The smallest absolute Gasteiger partial charge is 0.369 e. The Morgan fingerprint density at radius 3 is 2.70 bits per heavy atom. The fraction of sp³-hybridized carbons (Fsp3) is 0.625. The molecule has 1 saturated heterocycles. The molecule has 2 aliphatic rings. The van der Waals surface area contributed by atoms with Crippen molar-refractivity contribution in [1.29, 1.82) is 0 Å². The van der Waals surface area contributed by atoms with Crippen molar-refractivity contribution in [2.24, 2.45) is 17.2 Å². The van der Waals surface area contributed by atoms with Crippen molar-refractivity contribution in [3.8, 4) is 0 Å². The first-order chi connectivity index (χ1) is 11.1. The standard InChI is InChI=1S/C16H21N3O4/c1-19-9-12-4-3-5-13(10-19)16(12,22-2)14-8-11(6-7-17-14)15(20)23-18-21/h6-8,12-13H,3-5,9-10H2,1-2H3/t12-,13+,16+. The molecule has 1 aromatic heterocycles. The van der Waals surface area contributed by atoms with E-state index in [2.05, 4.69) is 27.1 Å². The Bertz CT molecular complexity index is 593. The molecule has 23 heavy (non-hydrogen) atoms. The monoisotopic (exact) mass is 319 g/mol. The highest BCUT2D eigenvalue weighted by Gasteiger charge is 2.53. The molecule has 1 saturated carbocycles. The van der Waals surface area contributed by atoms with Gasteiger partial charge in [0, 0.05) is 38.2 Å². The molecule has 1 aromatic rings. The number of likely N-dealkylation sites (tertiary alicyclic amines) is 1. The van der Waals surface area contributed by atoms with Gasteiger partial charge in [0.15, 0.2) is 5.34 Å². The van der Waals surface area contributed by atoms with Gasteiger partial charge in [0.2, 0.25) is 0 Å². The largest absolute Gasteiger partial charge is 0.371 e. The number of carbonyl (C=O) groups is 1. The van der Waals surface area contributed by atoms with Crippen LogP contribution in [0.15, 0.2) is 23.7 Å². The predicted octanol–water partition coefficient (Wildman–Crippen LogP) is 2.12. The van der Waals surface area contributed by atoms with Gasteiger partial charge in [0.25, 0.3) is 0 Å². The van der Waals surface area contributed by atoms with Crippen LogP contribution in [0.4, 0.5) is 0 Å². The first-order valence-corrected chi connectivity index (χ1v) is 7.86. The van der Waals surface area contributed by atoms with Crippen LogP contribution in [0.3, 0.4) is 0 Å². The normalized spacial score (nSPS) is 30.7. The summed E-state index contributed by atoms with van der Waals surface area (Å²) in [6.07, 6.45) is 4.89. The van der Waals surface area contributed by atoms with Crippen LogP contribution in [0.5, 0.6) is 0 Å². The van der Waals surface area contributed by atoms with Crippen molar-refractivity contribution in [3.05, 3.63) is 34.5 Å². The van der Waals surface area contributed by atoms with Crippen LogP contribution in [0.1, 0.15) is 35.3 Å². The number of piperidine rings is 1. The van der Waals surface area contributed by atoms with Gasteiger partial charge >= 0.3 is 5.97 Å². The molecular formula is C16H21N3O4. The molecule has 3 rings (SSSR count). The van der Waals surface area contributed by atoms with Gasteiger partial charge in [0.1, 0.15) is 5.60 Å². The second-order valence-electron chi connectivity index (χ2n) is 6.43. The van der Waals surface area contributed by atoms with Crippen molar-refractivity contribution in [2.75, 3.05) is 27.2 Å². The quantitative estimate of drug-likeness (QED) is 0.624. The van der Waals surface area contributed by atoms with E-state index in [0.29, 0.717) is 11.8 Å². The van der Waals surface area contributed by atoms with E-state index in [1.807, 2.05) is 0 Å². The Balaban J connectivity index is 2.02. The summed E-state index contributed by atoms with van der Waals surface area (Å²) < 4.78 is 6.05. The molecule has 0 unspecified atom stereocenters. The number of methoxy groups -OCH3 is 1. The van der Waals surface area contributed by atoms with Crippen LogP contribution in [0, 0.1) is 16.7 Å². The average molecular weight is 319 g/mol. The molecule has 0 N–H and O–H groups in total. The van der Waals surface area contributed by atoms with Crippen LogP contribution < -0.4 is 0 Å². The second kappa shape index (κ2) is 6.33. The van der Waals surface area contributed by atoms with Gasteiger partial charge in [-0.3, -0.25) is 9.82 Å². The zero-order valence-corrected chi connectivity index (χ0v) is 13.4. The molecule has 0 radical (unpaired) electrons. The minimum absolute atomic E-state index is 0.267. The number of carbonyl (C=O) groups excluding carboxylic acids is 1. The van der Waals surface area contributed by atoms with Crippen molar-refractivity contribution in [1.82, 2.24) is 9.88 Å². The molecular weight excluding hydrogens is 298 g/mol. The maximum Gasteiger partial charge on any atom is 0.369 e. The van der Waals surface area contributed by atoms with E-state index < -0.39 is 11.6 Å². The third-order valence-electron chi connectivity index (χ3n) is 5.24. The Labute approximate surface area is 134 Å². The summed E-state index contributed by atoms with van der Waals surface area (Å²) in [6, 6.07) is 3.19. The van der Waals surface area contributed by atoms with E-state index in [1.165, 1.54) is 12.5 Å². The minimum Gasteiger partial charge on any atom is -0.371 e. The maximum absolute atomic E-state index is 11.8. The van der Waals surface area contributed by atoms with Crippen molar-refractivity contribution >= 4 is 5.97 Å². The minimum atomic E-state index is -0.770. The summed E-state index contributed by atoms with van der Waals surface area (Å²) in [5.74, 6) is -0.117. The van der Waals surface area contributed by atoms with Crippen LogP contribution in [0.2, 0.25) is 0 Å². The molecule has 2 heterocycles. The number of fused-ring (bicyclic) bond motifs is 2. The highest BCUT2D eigenvalue weighted by Crippen LogP contribution is 2.50. The summed E-state index contributed by atoms with van der Waals surface area (Å²) >= 11 is 0. The summed E-state index contributed by atoms with van der Waals surface area (Å²) in [5.41, 5.74) is 0.515. The molecule has 0 amide bonds. The lowest BCUT2D eigenvalue weighted by molar-refractivity contribution is -0.168. The number of hydrogen-bond acceptors (Lipinski definition) is 7. The molecule has 3 atom stereocenters. The first-order valence-electron chi connectivity index (χ1n) is 7.86. The second-order valence-corrected chi connectivity index (χ2v) is 6.43. The number of nitrogens with zero attached hydrogens (tertiary/aromatic N) is 3. The Hall–Kier alpha value is -1.86. The number of ether oxygens (including phenoxy) is 1. The summed E-state index contributed by atoms with van der Waals surface area (Å²) in [4.78, 5) is 33.0. The molecule has 1 aliphatic carbocycles. The molecule has 0 spiro atoms. The zero-order valence-electron chi connectivity index (χ0n) is 13.4. The fourth-order valence-electron chi connectivity index (χ4n) is 4.37. The number of rotatable bonds is 4. The molecule has 124 valence electrons. The third kappa shape index (κ3) is 2.64. The highest BCUT2D eigenvalue weighted by molar-refractivity contribution is 5.89. The molecule has 1 aliphatic heterocycles. The van der Waals surface area contributed by atoms with Crippen molar-refractivity contribution < 1.29 is 14.4 Å². The number of pyridine rings is 1. The Morgan fingerprint density at radius 2 is 2.09 bits per heavy atom. The van der Waals surface area contributed by atoms with Crippen molar-refractivity contribution in [2.45, 2.75) is 24.9 Å². The van der Waals surface area contributed by atoms with Gasteiger partial charge in [-0.15, -0.1) is 4.91 Å². The summed E-state index contributed by atoms with van der Waals surface area (Å²) in [6.45, 7) is 1.88. The van der Waals surface area contributed by atoms with Gasteiger partial charge in [-0.1, -0.05) is 6.42 Å². The van der Waals surface area contributed by atoms with Crippen LogP contribution in [-0.4, -0.2) is 43.1 Å². The van der Waals surface area contributed by atoms with Gasteiger partial charge in [0.05, 0.1) is 11.3 Å². The average Bonchev–Trinajstić information content (AvgIpc) is 2.54. The van der Waals surface area contributed by atoms with Gasteiger partial charge in [-0.2, -0.15) is 0 Å². The number of aromatic nitrogens is 1. The molecule has 0 aromatic carbocycles. The van der Waals surface area contributed by atoms with Crippen LogP contribution in [0.25, 0.3) is 0 Å². The van der Waals surface area contributed by atoms with E-state index in [9.17, 15) is 9.70 Å². The van der Waals surface area contributed by atoms with Crippen LogP contribution >= 0.6 is 0 Å². The zero-order chi connectivity index (χ0) is 16.4. The maximum atomic E-state index is 11.8. The van der Waals surface area contributed by atoms with E-state index in [-0.39, 0.29) is 5.56 Å².